The van der Waals surface area contributed by atoms with Crippen LogP contribution < -0.4 is 5.73 Å². The molecule has 0 unspecified atom stereocenters. The molecule has 0 radical (unpaired) electrons. The Bertz CT molecular complexity index is 429. The Morgan fingerprint density at radius 1 is 1.20 bits per heavy atom. The van der Waals surface area contributed by atoms with Crippen LogP contribution in [0.3, 0.4) is 0 Å². The SMILES string of the molecule is CCN(CCN=C(N)N1CCN(C(=O)OC(C)(C)C)CC1)C(C)C.I. The fraction of sp³-hybridized carbons (Fsp3) is 0.882. The van der Waals surface area contributed by atoms with E-state index >= 15 is 0 Å². The number of guanidine groups is 1. The Morgan fingerprint density at radius 3 is 2.16 bits per heavy atom. The third kappa shape index (κ3) is 8.94. The van der Waals surface area contributed by atoms with E-state index in [1.54, 1.807) is 4.90 Å². The van der Waals surface area contributed by atoms with Crippen LogP contribution in [0.15, 0.2) is 4.99 Å². The van der Waals surface area contributed by atoms with Crippen LogP contribution in [0.5, 0.6) is 0 Å². The minimum Gasteiger partial charge on any atom is -0.444 e. The molecule has 8 heteroatoms. The summed E-state index contributed by atoms with van der Waals surface area (Å²) < 4.78 is 5.40. The average molecular weight is 469 g/mol. The van der Waals surface area contributed by atoms with Gasteiger partial charge in [-0.25, -0.2) is 4.79 Å². The Balaban J connectivity index is 0.00000576. The zero-order chi connectivity index (χ0) is 18.3. The zero-order valence-corrected chi connectivity index (χ0v) is 18.9. The first-order chi connectivity index (χ1) is 11.1. The normalized spacial score (nSPS) is 16.2. The number of hydrogen-bond acceptors (Lipinski definition) is 4. The lowest BCUT2D eigenvalue weighted by molar-refractivity contribution is 0.0186. The van der Waals surface area contributed by atoms with E-state index in [1.807, 2.05) is 25.7 Å². The minimum absolute atomic E-state index is 0. The summed E-state index contributed by atoms with van der Waals surface area (Å²) >= 11 is 0. The molecule has 0 spiro atoms. The van der Waals surface area contributed by atoms with Crippen molar-refractivity contribution >= 4 is 36.0 Å². The van der Waals surface area contributed by atoms with Crippen molar-refractivity contribution in [3.63, 3.8) is 0 Å². The van der Waals surface area contributed by atoms with E-state index in [2.05, 4.69) is 30.7 Å². The Hall–Kier alpha value is -0.770. The van der Waals surface area contributed by atoms with Gasteiger partial charge in [-0.15, -0.1) is 24.0 Å². The van der Waals surface area contributed by atoms with E-state index in [4.69, 9.17) is 10.5 Å². The first kappa shape index (κ1) is 24.2. The van der Waals surface area contributed by atoms with E-state index in [0.717, 1.165) is 13.1 Å². The van der Waals surface area contributed by atoms with Gasteiger partial charge in [-0.2, -0.15) is 0 Å². The number of ether oxygens (including phenoxy) is 1. The van der Waals surface area contributed by atoms with Crippen molar-refractivity contribution in [3.8, 4) is 0 Å². The molecule has 2 N–H and O–H groups in total. The van der Waals surface area contributed by atoms with Crippen molar-refractivity contribution in [3.05, 3.63) is 0 Å². The van der Waals surface area contributed by atoms with Crippen LogP contribution in [0.2, 0.25) is 0 Å². The molecule has 0 aliphatic carbocycles. The average Bonchev–Trinajstić information content (AvgIpc) is 2.49. The number of carbonyl (C=O) groups excluding carboxylic acids is 1. The molecule has 0 bridgehead atoms. The maximum atomic E-state index is 12.1. The van der Waals surface area contributed by atoms with Crippen LogP contribution in [0.4, 0.5) is 4.79 Å². The van der Waals surface area contributed by atoms with Crippen molar-refractivity contribution in [2.24, 2.45) is 10.7 Å². The van der Waals surface area contributed by atoms with Gasteiger partial charge in [0.1, 0.15) is 5.60 Å². The Labute approximate surface area is 170 Å². The fourth-order valence-electron chi connectivity index (χ4n) is 2.62. The Kier molecular flexibility index (Phi) is 10.7. The summed E-state index contributed by atoms with van der Waals surface area (Å²) in [5, 5.41) is 0. The lowest BCUT2D eigenvalue weighted by atomic mass is 10.2. The van der Waals surface area contributed by atoms with E-state index in [0.29, 0.717) is 44.7 Å². The molecule has 0 aromatic carbocycles. The third-order valence-electron chi connectivity index (χ3n) is 4.05. The van der Waals surface area contributed by atoms with E-state index in [1.165, 1.54) is 0 Å². The van der Waals surface area contributed by atoms with Gasteiger partial charge in [0.15, 0.2) is 5.96 Å². The predicted molar refractivity (Wildman–Crippen MR) is 114 cm³/mol. The first-order valence-electron chi connectivity index (χ1n) is 8.91. The van der Waals surface area contributed by atoms with Crippen LogP contribution in [-0.2, 0) is 4.74 Å². The van der Waals surface area contributed by atoms with Crippen LogP contribution in [0, 0.1) is 0 Å². The lowest BCUT2D eigenvalue weighted by Crippen LogP contribution is -2.53. The van der Waals surface area contributed by atoms with Crippen LogP contribution in [0.1, 0.15) is 41.5 Å². The van der Waals surface area contributed by atoms with Crippen molar-refractivity contribution < 1.29 is 9.53 Å². The second kappa shape index (κ2) is 11.1. The van der Waals surface area contributed by atoms with Gasteiger partial charge in [0.05, 0.1) is 6.54 Å². The quantitative estimate of drug-likeness (QED) is 0.380. The first-order valence-corrected chi connectivity index (χ1v) is 8.91. The fourth-order valence-corrected chi connectivity index (χ4v) is 2.62. The van der Waals surface area contributed by atoms with Crippen molar-refractivity contribution in [1.82, 2.24) is 14.7 Å². The topological polar surface area (TPSA) is 74.4 Å². The smallest absolute Gasteiger partial charge is 0.410 e. The monoisotopic (exact) mass is 469 g/mol. The summed E-state index contributed by atoms with van der Waals surface area (Å²) in [6.07, 6.45) is -0.256. The molecule has 1 aliphatic rings. The molecule has 0 aromatic heterocycles. The highest BCUT2D eigenvalue weighted by molar-refractivity contribution is 14.0. The molecule has 0 saturated carbocycles. The molecule has 1 heterocycles. The molecule has 1 aliphatic heterocycles. The number of nitrogens with zero attached hydrogens (tertiary/aromatic N) is 4. The van der Waals surface area contributed by atoms with E-state index < -0.39 is 5.60 Å². The van der Waals surface area contributed by atoms with Crippen LogP contribution >= 0.6 is 24.0 Å². The summed E-state index contributed by atoms with van der Waals surface area (Å²) in [4.78, 5) is 22.7. The number of nitrogens with two attached hydrogens (primary N) is 1. The van der Waals surface area contributed by atoms with Gasteiger partial charge in [0.2, 0.25) is 0 Å². The van der Waals surface area contributed by atoms with Crippen molar-refractivity contribution in [1.29, 1.82) is 0 Å². The molecule has 0 aromatic rings. The van der Waals surface area contributed by atoms with E-state index in [9.17, 15) is 4.79 Å². The summed E-state index contributed by atoms with van der Waals surface area (Å²) in [5.74, 6) is 0.568. The lowest BCUT2D eigenvalue weighted by Gasteiger charge is -2.36. The van der Waals surface area contributed by atoms with Gasteiger partial charge in [0.25, 0.3) is 0 Å². The maximum Gasteiger partial charge on any atom is 0.410 e. The maximum absolute atomic E-state index is 12.1. The van der Waals surface area contributed by atoms with Crippen molar-refractivity contribution in [2.45, 2.75) is 53.2 Å². The summed E-state index contributed by atoms with van der Waals surface area (Å²) in [6.45, 7) is 17.4. The van der Waals surface area contributed by atoms with Gasteiger partial charge in [-0.3, -0.25) is 9.89 Å². The highest BCUT2D eigenvalue weighted by atomic mass is 127. The molecule has 0 atom stereocenters. The molecule has 148 valence electrons. The molecule has 1 fully saturated rings. The van der Waals surface area contributed by atoms with Gasteiger partial charge in [0, 0.05) is 38.8 Å². The number of hydrogen-bond donors (Lipinski definition) is 1. The number of piperazine rings is 1. The number of carbonyl (C=O) groups is 1. The summed E-state index contributed by atoms with van der Waals surface area (Å²) in [5.41, 5.74) is 5.64. The molecule has 1 saturated heterocycles. The standard InChI is InChI=1S/C17H35N5O2.HI/c1-7-20(14(2)3)9-8-19-15(18)21-10-12-22(13-11-21)16(23)24-17(4,5)6;/h14H,7-13H2,1-6H3,(H2,18,19);1H. The third-order valence-corrected chi connectivity index (χ3v) is 4.05. The van der Waals surface area contributed by atoms with Gasteiger partial charge in [-0.1, -0.05) is 6.92 Å². The highest BCUT2D eigenvalue weighted by Crippen LogP contribution is 2.11. The van der Waals surface area contributed by atoms with E-state index in [-0.39, 0.29) is 30.1 Å². The van der Waals surface area contributed by atoms with Crippen molar-refractivity contribution in [2.75, 3.05) is 45.8 Å². The molecular weight excluding hydrogens is 433 g/mol. The van der Waals surface area contributed by atoms with Gasteiger partial charge >= 0.3 is 6.09 Å². The Morgan fingerprint density at radius 2 is 1.72 bits per heavy atom. The molecule has 1 amide bonds. The number of aliphatic imine (C=N–C) groups is 1. The molecule has 1 rings (SSSR count). The second-order valence-electron chi connectivity index (χ2n) is 7.42. The molecule has 25 heavy (non-hydrogen) atoms. The predicted octanol–water partition coefficient (Wildman–Crippen LogP) is 2.20. The summed E-state index contributed by atoms with van der Waals surface area (Å²) in [7, 11) is 0. The van der Waals surface area contributed by atoms with Crippen LogP contribution in [-0.4, -0.2) is 84.2 Å². The number of rotatable bonds is 5. The second-order valence-corrected chi connectivity index (χ2v) is 7.42. The number of amides is 1. The minimum atomic E-state index is -0.462. The number of likely N-dealkylation sites (N-methyl/N-ethyl adjacent to an activating group) is 1. The summed E-state index contributed by atoms with van der Waals surface area (Å²) in [6, 6.07) is 0.517. The zero-order valence-electron chi connectivity index (χ0n) is 16.6. The number of halogens is 1. The molecular formula is C17H36IN5O2. The molecule has 7 nitrogen and oxygen atoms in total. The highest BCUT2D eigenvalue weighted by Gasteiger charge is 2.26. The van der Waals surface area contributed by atoms with Gasteiger partial charge < -0.3 is 20.3 Å². The van der Waals surface area contributed by atoms with Crippen LogP contribution in [0.25, 0.3) is 0 Å². The van der Waals surface area contributed by atoms with Gasteiger partial charge in [-0.05, 0) is 41.2 Å². The largest absolute Gasteiger partial charge is 0.444 e.